The van der Waals surface area contributed by atoms with Crippen molar-refractivity contribution >= 4 is 11.3 Å². The summed E-state index contributed by atoms with van der Waals surface area (Å²) in [6.07, 6.45) is 6.87. The molecule has 3 heteroatoms. The van der Waals surface area contributed by atoms with E-state index in [1.807, 2.05) is 5.51 Å². The van der Waals surface area contributed by atoms with E-state index in [0.717, 1.165) is 18.2 Å². The summed E-state index contributed by atoms with van der Waals surface area (Å²) >= 11 is 1.67. The fourth-order valence-corrected chi connectivity index (χ4v) is 3.78. The summed E-state index contributed by atoms with van der Waals surface area (Å²) in [7, 11) is 0. The Hall–Kier alpha value is -1.19. The summed E-state index contributed by atoms with van der Waals surface area (Å²) in [5, 5.41) is 5.89. The van der Waals surface area contributed by atoms with Crippen LogP contribution in [0.5, 0.6) is 0 Å². The number of rotatable bonds is 5. The van der Waals surface area contributed by atoms with Crippen molar-refractivity contribution in [2.45, 2.75) is 44.7 Å². The third kappa shape index (κ3) is 3.47. The first kappa shape index (κ1) is 13.8. The van der Waals surface area contributed by atoms with Crippen LogP contribution in [0.1, 0.15) is 49.4 Å². The number of aromatic nitrogens is 1. The molecule has 1 aromatic carbocycles. The number of nitrogens with zero attached hydrogens (tertiary/aromatic N) is 1. The molecule has 20 heavy (non-hydrogen) atoms. The number of benzene rings is 1. The van der Waals surface area contributed by atoms with E-state index in [-0.39, 0.29) is 0 Å². The van der Waals surface area contributed by atoms with E-state index in [9.17, 15) is 0 Å². The van der Waals surface area contributed by atoms with Crippen LogP contribution >= 0.6 is 11.3 Å². The van der Waals surface area contributed by atoms with Gasteiger partial charge in [0.1, 0.15) is 0 Å². The fourth-order valence-electron chi connectivity index (χ4n) is 3.22. The van der Waals surface area contributed by atoms with E-state index in [1.165, 1.54) is 37.7 Å². The summed E-state index contributed by atoms with van der Waals surface area (Å²) in [5.74, 6) is 0.768. The summed E-state index contributed by atoms with van der Waals surface area (Å²) in [4.78, 5) is 4.38. The predicted molar refractivity (Wildman–Crippen MR) is 84.7 cm³/mol. The number of thiazole rings is 1. The Balaban J connectivity index is 1.72. The Morgan fingerprint density at radius 2 is 1.95 bits per heavy atom. The zero-order chi connectivity index (χ0) is 13.6. The first-order valence-corrected chi connectivity index (χ1v) is 8.53. The monoisotopic (exact) mass is 286 g/mol. The zero-order valence-electron chi connectivity index (χ0n) is 11.8. The smallest absolute Gasteiger partial charge is 0.0795 e. The lowest BCUT2D eigenvalue weighted by Gasteiger charge is -2.31. The Morgan fingerprint density at radius 3 is 2.65 bits per heavy atom. The van der Waals surface area contributed by atoms with Gasteiger partial charge < -0.3 is 5.32 Å². The molecule has 1 heterocycles. The molecule has 0 radical (unpaired) electrons. The van der Waals surface area contributed by atoms with Gasteiger partial charge in [-0.15, -0.1) is 11.3 Å². The van der Waals surface area contributed by atoms with Gasteiger partial charge in [-0.3, -0.25) is 0 Å². The highest BCUT2D eigenvalue weighted by Gasteiger charge is 2.24. The summed E-state index contributed by atoms with van der Waals surface area (Å²) < 4.78 is 0. The third-order valence-electron chi connectivity index (χ3n) is 4.27. The topological polar surface area (TPSA) is 24.9 Å². The average molecular weight is 286 g/mol. The average Bonchev–Trinajstić information content (AvgIpc) is 3.03. The molecule has 0 amide bonds. The quantitative estimate of drug-likeness (QED) is 0.872. The van der Waals surface area contributed by atoms with Crippen molar-refractivity contribution in [2.75, 3.05) is 0 Å². The molecule has 1 aromatic heterocycles. The minimum atomic E-state index is 0.471. The highest BCUT2D eigenvalue weighted by molar-refractivity contribution is 7.07. The van der Waals surface area contributed by atoms with E-state index in [1.54, 1.807) is 11.3 Å². The van der Waals surface area contributed by atoms with Crippen LogP contribution in [0.3, 0.4) is 0 Å². The van der Waals surface area contributed by atoms with E-state index in [2.05, 4.69) is 46.0 Å². The molecule has 2 aromatic rings. The van der Waals surface area contributed by atoms with Gasteiger partial charge in [0.05, 0.1) is 11.2 Å². The molecule has 3 rings (SSSR count). The molecule has 1 aliphatic rings. The second kappa shape index (κ2) is 7.00. The summed E-state index contributed by atoms with van der Waals surface area (Å²) in [6, 6.07) is 11.4. The predicted octanol–water partition coefficient (Wildman–Crippen LogP) is 4.55. The molecular weight excluding hydrogens is 264 g/mol. The molecule has 0 bridgehead atoms. The molecule has 1 unspecified atom stereocenters. The van der Waals surface area contributed by atoms with Gasteiger partial charge in [-0.1, -0.05) is 49.6 Å². The van der Waals surface area contributed by atoms with Crippen molar-refractivity contribution in [1.82, 2.24) is 10.3 Å². The molecule has 0 spiro atoms. The van der Waals surface area contributed by atoms with Gasteiger partial charge in [-0.2, -0.15) is 0 Å². The maximum atomic E-state index is 4.38. The van der Waals surface area contributed by atoms with Crippen LogP contribution in [0.25, 0.3) is 0 Å². The lowest BCUT2D eigenvalue weighted by atomic mass is 9.81. The Labute approximate surface area is 125 Å². The summed E-state index contributed by atoms with van der Waals surface area (Å²) in [6.45, 7) is 0.875. The molecule has 2 nitrogen and oxygen atoms in total. The molecule has 1 saturated carbocycles. The largest absolute Gasteiger partial charge is 0.304 e. The van der Waals surface area contributed by atoms with Crippen LogP contribution in [-0.2, 0) is 6.54 Å². The molecule has 0 saturated heterocycles. The molecule has 1 N–H and O–H groups in total. The molecular formula is C17H22N2S. The van der Waals surface area contributed by atoms with Gasteiger partial charge in [-0.25, -0.2) is 4.98 Å². The van der Waals surface area contributed by atoms with Crippen LogP contribution < -0.4 is 5.32 Å². The third-order valence-corrected chi connectivity index (χ3v) is 4.90. The van der Waals surface area contributed by atoms with Gasteiger partial charge in [0, 0.05) is 18.0 Å². The molecule has 106 valence electrons. The fraction of sp³-hybridized carbons (Fsp3) is 0.471. The molecule has 1 atom stereocenters. The minimum absolute atomic E-state index is 0.471. The Kier molecular flexibility index (Phi) is 4.82. The van der Waals surface area contributed by atoms with E-state index in [0.29, 0.717) is 6.04 Å². The van der Waals surface area contributed by atoms with Crippen molar-refractivity contribution in [3.63, 3.8) is 0 Å². The zero-order valence-corrected chi connectivity index (χ0v) is 12.6. The Bertz CT molecular complexity index is 489. The molecule has 1 aliphatic carbocycles. The van der Waals surface area contributed by atoms with Gasteiger partial charge in [0.15, 0.2) is 0 Å². The van der Waals surface area contributed by atoms with Crippen molar-refractivity contribution in [1.29, 1.82) is 0 Å². The van der Waals surface area contributed by atoms with Gasteiger partial charge in [0.25, 0.3) is 0 Å². The highest BCUT2D eigenvalue weighted by Crippen LogP contribution is 2.34. The second-order valence-corrected chi connectivity index (χ2v) is 6.37. The lowest BCUT2D eigenvalue weighted by molar-refractivity contribution is 0.270. The standard InChI is InChI=1S/C17H22N2S/c1-3-7-14(8-4-1)17(15-9-5-2-6-10-15)18-11-16-12-20-13-19-16/h1,3-4,7-8,12-13,15,17-18H,2,5-6,9-11H2. The van der Waals surface area contributed by atoms with Crippen LogP contribution in [-0.4, -0.2) is 4.98 Å². The number of nitrogens with one attached hydrogen (secondary N) is 1. The SMILES string of the molecule is c1ccc(C(NCc2cscn2)C2CCCCC2)cc1. The van der Waals surface area contributed by atoms with Crippen molar-refractivity contribution in [2.24, 2.45) is 5.92 Å². The lowest BCUT2D eigenvalue weighted by Crippen LogP contribution is -2.29. The van der Waals surface area contributed by atoms with E-state index < -0.39 is 0 Å². The van der Waals surface area contributed by atoms with Crippen molar-refractivity contribution in [3.05, 3.63) is 52.5 Å². The van der Waals surface area contributed by atoms with Crippen LogP contribution in [0.2, 0.25) is 0 Å². The summed E-state index contributed by atoms with van der Waals surface area (Å²) in [5.41, 5.74) is 4.50. The normalized spacial score (nSPS) is 18.0. The van der Waals surface area contributed by atoms with E-state index >= 15 is 0 Å². The maximum absolute atomic E-state index is 4.38. The minimum Gasteiger partial charge on any atom is -0.304 e. The van der Waals surface area contributed by atoms with Crippen LogP contribution in [0.15, 0.2) is 41.2 Å². The maximum Gasteiger partial charge on any atom is 0.0795 e. The van der Waals surface area contributed by atoms with Gasteiger partial charge in [-0.05, 0) is 24.3 Å². The van der Waals surface area contributed by atoms with Crippen LogP contribution in [0, 0.1) is 5.92 Å². The van der Waals surface area contributed by atoms with Crippen molar-refractivity contribution in [3.8, 4) is 0 Å². The second-order valence-electron chi connectivity index (χ2n) is 5.65. The van der Waals surface area contributed by atoms with Gasteiger partial charge in [0.2, 0.25) is 0 Å². The van der Waals surface area contributed by atoms with Gasteiger partial charge >= 0.3 is 0 Å². The van der Waals surface area contributed by atoms with Crippen molar-refractivity contribution < 1.29 is 0 Å². The van der Waals surface area contributed by atoms with E-state index in [4.69, 9.17) is 0 Å². The Morgan fingerprint density at radius 1 is 1.15 bits per heavy atom. The number of hydrogen-bond acceptors (Lipinski definition) is 3. The molecule has 1 fully saturated rings. The number of hydrogen-bond donors (Lipinski definition) is 1. The van der Waals surface area contributed by atoms with Crippen LogP contribution in [0.4, 0.5) is 0 Å². The highest BCUT2D eigenvalue weighted by atomic mass is 32.1. The molecule has 0 aliphatic heterocycles. The first-order chi connectivity index (χ1) is 9.93. The first-order valence-electron chi connectivity index (χ1n) is 7.59.